The molecule has 0 radical (unpaired) electrons. The van der Waals surface area contributed by atoms with Crippen molar-refractivity contribution in [1.29, 1.82) is 0 Å². The lowest BCUT2D eigenvalue weighted by Crippen LogP contribution is -2.29. The van der Waals surface area contributed by atoms with Gasteiger partial charge >= 0.3 is 0 Å². The molecule has 3 heterocycles. The highest BCUT2D eigenvalue weighted by Crippen LogP contribution is 2.32. The van der Waals surface area contributed by atoms with Crippen LogP contribution in [0.3, 0.4) is 0 Å². The molecule has 2 aliphatic rings. The van der Waals surface area contributed by atoms with Gasteiger partial charge in [-0.05, 0) is 25.2 Å². The molecule has 2 aromatic heterocycles. The number of carbonyl (C=O) groups excluding carboxylic acids is 1. The van der Waals surface area contributed by atoms with Crippen molar-refractivity contribution in [3.05, 3.63) is 28.0 Å². The zero-order valence-electron chi connectivity index (χ0n) is 14.4. The predicted molar refractivity (Wildman–Crippen MR) is 95.4 cm³/mol. The van der Waals surface area contributed by atoms with Crippen LogP contribution in [-0.4, -0.2) is 43.8 Å². The van der Waals surface area contributed by atoms with Gasteiger partial charge in [0.15, 0.2) is 5.13 Å². The first kappa shape index (κ1) is 16.7. The van der Waals surface area contributed by atoms with Crippen molar-refractivity contribution in [1.82, 2.24) is 19.7 Å². The van der Waals surface area contributed by atoms with Gasteiger partial charge in [-0.15, -0.1) is 11.3 Å². The minimum absolute atomic E-state index is 0.0223. The Morgan fingerprint density at radius 1 is 1.48 bits per heavy atom. The van der Waals surface area contributed by atoms with Crippen LogP contribution in [-0.2, 0) is 37.3 Å². The zero-order chi connectivity index (χ0) is 17.4. The minimum atomic E-state index is -0.0223. The third-order valence-corrected chi connectivity index (χ3v) is 5.95. The normalized spacial score (nSPS) is 19.7. The van der Waals surface area contributed by atoms with E-state index in [1.807, 2.05) is 10.9 Å². The molecule has 8 heteroatoms. The summed E-state index contributed by atoms with van der Waals surface area (Å²) in [5.41, 5.74) is 3.40. The number of rotatable bonds is 5. The van der Waals surface area contributed by atoms with Crippen LogP contribution in [0.4, 0.5) is 5.13 Å². The first-order chi connectivity index (χ1) is 12.1. The van der Waals surface area contributed by atoms with Crippen molar-refractivity contribution >= 4 is 22.4 Å². The van der Waals surface area contributed by atoms with E-state index in [0.717, 1.165) is 41.5 Å². The number of aliphatic hydroxyl groups excluding tert-OH is 1. The number of aryl methyl sites for hydroxylation is 1. The number of hydrogen-bond donors (Lipinski definition) is 2. The molecule has 1 aliphatic carbocycles. The molecule has 25 heavy (non-hydrogen) atoms. The maximum atomic E-state index is 12.4. The van der Waals surface area contributed by atoms with Crippen LogP contribution >= 0.6 is 11.3 Å². The zero-order valence-corrected chi connectivity index (χ0v) is 15.2. The second kappa shape index (κ2) is 6.86. The fourth-order valence-corrected chi connectivity index (χ4v) is 4.82. The molecule has 134 valence electrons. The molecule has 0 unspecified atom stereocenters. The fourth-order valence-electron chi connectivity index (χ4n) is 3.63. The Morgan fingerprint density at radius 3 is 3.20 bits per heavy atom. The molecule has 0 fully saturated rings. The summed E-state index contributed by atoms with van der Waals surface area (Å²) in [5, 5.41) is 17.1. The topological polar surface area (TPSA) is 83.3 Å². The van der Waals surface area contributed by atoms with Gasteiger partial charge in [-0.2, -0.15) is 5.10 Å². The minimum Gasteiger partial charge on any atom is -0.394 e. The number of anilines is 1. The largest absolute Gasteiger partial charge is 0.394 e. The third kappa shape index (κ3) is 3.47. The van der Waals surface area contributed by atoms with Gasteiger partial charge in [-0.1, -0.05) is 6.92 Å². The Morgan fingerprint density at radius 2 is 2.36 bits per heavy atom. The molecule has 2 N–H and O–H groups in total. The molecule has 0 saturated heterocycles. The van der Waals surface area contributed by atoms with E-state index in [9.17, 15) is 4.79 Å². The van der Waals surface area contributed by atoms with Crippen LogP contribution in [0, 0.1) is 5.92 Å². The molecule has 1 amide bonds. The number of aromatic nitrogens is 3. The predicted octanol–water partition coefficient (Wildman–Crippen LogP) is 1.41. The van der Waals surface area contributed by atoms with Gasteiger partial charge in [0.05, 0.1) is 37.3 Å². The number of nitrogens with zero attached hydrogens (tertiary/aromatic N) is 4. The molecule has 2 aromatic rings. The van der Waals surface area contributed by atoms with Gasteiger partial charge in [0.2, 0.25) is 5.91 Å². The van der Waals surface area contributed by atoms with Crippen LogP contribution < -0.4 is 5.32 Å². The van der Waals surface area contributed by atoms with Crippen LogP contribution in [0.15, 0.2) is 6.20 Å². The van der Waals surface area contributed by atoms with Crippen LogP contribution in [0.5, 0.6) is 0 Å². The van der Waals surface area contributed by atoms with E-state index in [1.54, 1.807) is 11.3 Å². The number of amides is 1. The molecular formula is C17H23N5O2S. The van der Waals surface area contributed by atoms with Gasteiger partial charge < -0.3 is 10.4 Å². The fraction of sp³-hybridized carbons (Fsp3) is 0.588. The second-order valence-electron chi connectivity index (χ2n) is 6.99. The Hall–Kier alpha value is -1.77. The molecule has 1 aliphatic heterocycles. The Labute approximate surface area is 150 Å². The standard InChI is InChI=1S/C17H23N5O2S/c1-11-2-3-13-15(6-11)25-17(19-13)20-16(24)10-21-8-12-7-18-22(4-5-23)14(12)9-21/h7,11,23H,2-6,8-10H2,1H3,(H,19,20,24)/t11-/m1/s1. The van der Waals surface area contributed by atoms with Crippen molar-refractivity contribution < 1.29 is 9.90 Å². The van der Waals surface area contributed by atoms with Gasteiger partial charge in [0, 0.05) is 23.5 Å². The lowest BCUT2D eigenvalue weighted by molar-refractivity contribution is -0.117. The van der Waals surface area contributed by atoms with Crippen molar-refractivity contribution in [2.24, 2.45) is 5.92 Å². The third-order valence-electron chi connectivity index (χ3n) is 4.91. The molecule has 1 atom stereocenters. The summed E-state index contributed by atoms with van der Waals surface area (Å²) >= 11 is 1.62. The summed E-state index contributed by atoms with van der Waals surface area (Å²) in [4.78, 5) is 20.4. The maximum Gasteiger partial charge on any atom is 0.240 e. The van der Waals surface area contributed by atoms with Crippen molar-refractivity contribution in [3.8, 4) is 0 Å². The molecule has 0 spiro atoms. The first-order valence-electron chi connectivity index (χ1n) is 8.77. The Bertz CT molecular complexity index is 784. The van der Waals surface area contributed by atoms with Crippen LogP contribution in [0.2, 0.25) is 0 Å². The second-order valence-corrected chi connectivity index (χ2v) is 8.08. The lowest BCUT2D eigenvalue weighted by Gasteiger charge is -2.15. The highest BCUT2D eigenvalue weighted by Gasteiger charge is 2.26. The number of nitrogens with one attached hydrogen (secondary N) is 1. The summed E-state index contributed by atoms with van der Waals surface area (Å²) in [6.07, 6.45) is 5.11. The van der Waals surface area contributed by atoms with Crippen LogP contribution in [0.1, 0.15) is 35.2 Å². The van der Waals surface area contributed by atoms with E-state index < -0.39 is 0 Å². The van der Waals surface area contributed by atoms with Gasteiger partial charge in [0.1, 0.15) is 0 Å². The molecular weight excluding hydrogens is 338 g/mol. The summed E-state index contributed by atoms with van der Waals surface area (Å²) < 4.78 is 1.82. The molecule has 0 saturated carbocycles. The van der Waals surface area contributed by atoms with E-state index in [1.165, 1.54) is 11.3 Å². The monoisotopic (exact) mass is 361 g/mol. The molecule has 4 rings (SSSR count). The number of thiazole rings is 1. The average molecular weight is 361 g/mol. The van der Waals surface area contributed by atoms with E-state index in [4.69, 9.17) is 5.11 Å². The quantitative estimate of drug-likeness (QED) is 0.841. The van der Waals surface area contributed by atoms with Crippen molar-refractivity contribution in [2.45, 2.75) is 45.8 Å². The number of carbonyl (C=O) groups is 1. The van der Waals surface area contributed by atoms with E-state index in [-0.39, 0.29) is 12.5 Å². The highest BCUT2D eigenvalue weighted by atomic mass is 32.1. The van der Waals surface area contributed by atoms with Crippen molar-refractivity contribution in [2.75, 3.05) is 18.5 Å². The van der Waals surface area contributed by atoms with Crippen LogP contribution in [0.25, 0.3) is 0 Å². The first-order valence-corrected chi connectivity index (χ1v) is 9.59. The van der Waals surface area contributed by atoms with E-state index in [0.29, 0.717) is 25.6 Å². The molecule has 0 aromatic carbocycles. The number of aliphatic hydroxyl groups is 1. The molecule has 7 nitrogen and oxygen atoms in total. The van der Waals surface area contributed by atoms with Crippen molar-refractivity contribution in [3.63, 3.8) is 0 Å². The number of hydrogen-bond acceptors (Lipinski definition) is 6. The smallest absolute Gasteiger partial charge is 0.240 e. The summed E-state index contributed by atoms with van der Waals surface area (Å²) in [6.45, 7) is 4.59. The maximum absolute atomic E-state index is 12.4. The van der Waals surface area contributed by atoms with Gasteiger partial charge in [-0.25, -0.2) is 4.98 Å². The van der Waals surface area contributed by atoms with Gasteiger partial charge in [-0.3, -0.25) is 14.4 Å². The summed E-state index contributed by atoms with van der Waals surface area (Å²) in [7, 11) is 0. The number of fused-ring (bicyclic) bond motifs is 2. The SMILES string of the molecule is C[C@@H]1CCc2nc(NC(=O)CN3Cc4cnn(CCO)c4C3)sc2C1. The van der Waals surface area contributed by atoms with E-state index in [2.05, 4.69) is 27.2 Å². The molecule has 0 bridgehead atoms. The van der Waals surface area contributed by atoms with Gasteiger partial charge in [0.25, 0.3) is 0 Å². The Kier molecular flexibility index (Phi) is 4.58. The Balaban J connectivity index is 1.34. The lowest BCUT2D eigenvalue weighted by atomic mass is 9.93. The summed E-state index contributed by atoms with van der Waals surface area (Å²) in [5.74, 6) is 0.684. The van der Waals surface area contributed by atoms with E-state index >= 15 is 0 Å². The average Bonchev–Trinajstić information content (AvgIpc) is 3.22. The highest BCUT2D eigenvalue weighted by molar-refractivity contribution is 7.15. The summed E-state index contributed by atoms with van der Waals surface area (Å²) in [6, 6.07) is 0.